The van der Waals surface area contributed by atoms with E-state index in [0.29, 0.717) is 0 Å². The van der Waals surface area contributed by atoms with Crippen LogP contribution in [-0.2, 0) is 4.74 Å². The third-order valence-corrected chi connectivity index (χ3v) is 4.65. The van der Waals surface area contributed by atoms with Crippen molar-refractivity contribution in [2.75, 3.05) is 53.0 Å². The van der Waals surface area contributed by atoms with Gasteiger partial charge in [-0.3, -0.25) is 9.89 Å². The van der Waals surface area contributed by atoms with Crippen LogP contribution in [0.4, 0.5) is 0 Å². The van der Waals surface area contributed by atoms with E-state index in [2.05, 4.69) is 27.4 Å². The van der Waals surface area contributed by atoms with Gasteiger partial charge in [-0.15, -0.1) is 24.0 Å². The summed E-state index contributed by atoms with van der Waals surface area (Å²) in [4.78, 5) is 6.76. The second-order valence-corrected chi connectivity index (χ2v) is 6.47. The maximum atomic E-state index is 5.36. The summed E-state index contributed by atoms with van der Waals surface area (Å²) in [6, 6.07) is 0. The molecule has 2 atom stereocenters. The number of ether oxygens (including phenoxy) is 1. The average Bonchev–Trinajstić information content (AvgIpc) is 2.52. The molecule has 0 spiro atoms. The molecule has 1 saturated heterocycles. The van der Waals surface area contributed by atoms with E-state index in [-0.39, 0.29) is 24.0 Å². The highest BCUT2D eigenvalue weighted by Gasteiger charge is 2.18. The summed E-state index contributed by atoms with van der Waals surface area (Å²) in [5, 5.41) is 6.92. The predicted octanol–water partition coefficient (Wildman–Crippen LogP) is 1.93. The number of hydrogen-bond donors (Lipinski definition) is 2. The highest BCUT2D eigenvalue weighted by Crippen LogP contribution is 2.27. The molecule has 6 heteroatoms. The topological polar surface area (TPSA) is 48.9 Å². The fourth-order valence-corrected chi connectivity index (χ4v) is 3.36. The van der Waals surface area contributed by atoms with E-state index in [9.17, 15) is 0 Å². The summed E-state index contributed by atoms with van der Waals surface area (Å²) in [6.07, 6.45) is 5.51. The van der Waals surface area contributed by atoms with Crippen LogP contribution in [0, 0.1) is 11.8 Å². The molecule has 2 unspecified atom stereocenters. The lowest BCUT2D eigenvalue weighted by molar-refractivity contribution is 0.0389. The van der Waals surface area contributed by atoms with Gasteiger partial charge in [-0.05, 0) is 24.7 Å². The Morgan fingerprint density at radius 1 is 1.23 bits per heavy atom. The molecular weight excluding hydrogens is 391 g/mol. The molecule has 0 aromatic heterocycles. The van der Waals surface area contributed by atoms with E-state index in [1.807, 2.05) is 7.05 Å². The lowest BCUT2D eigenvalue weighted by Crippen LogP contribution is -2.45. The van der Waals surface area contributed by atoms with Crippen LogP contribution in [0.3, 0.4) is 0 Å². The standard InChI is InChI=1S/C16H32N4O.HI/c1-14-4-3-5-15(12-14)13-19-16(17-2)18-6-7-20-8-10-21-11-9-20;/h14-15H,3-13H2,1-2H3,(H2,17,18,19);1H. The van der Waals surface area contributed by atoms with Gasteiger partial charge in [-0.2, -0.15) is 0 Å². The number of morpholine rings is 1. The van der Waals surface area contributed by atoms with Crippen molar-refractivity contribution in [2.45, 2.75) is 32.6 Å². The Kier molecular flexibility index (Phi) is 10.4. The molecule has 1 aliphatic carbocycles. The fourth-order valence-electron chi connectivity index (χ4n) is 3.36. The van der Waals surface area contributed by atoms with Gasteiger partial charge in [0.2, 0.25) is 0 Å². The molecule has 130 valence electrons. The van der Waals surface area contributed by atoms with Gasteiger partial charge in [0.25, 0.3) is 0 Å². The molecule has 1 saturated carbocycles. The molecule has 1 heterocycles. The summed E-state index contributed by atoms with van der Waals surface area (Å²) in [7, 11) is 1.85. The molecule has 2 aliphatic rings. The van der Waals surface area contributed by atoms with Crippen molar-refractivity contribution in [2.24, 2.45) is 16.8 Å². The highest BCUT2D eigenvalue weighted by atomic mass is 127. The third kappa shape index (κ3) is 7.46. The van der Waals surface area contributed by atoms with E-state index in [1.54, 1.807) is 0 Å². The number of halogens is 1. The van der Waals surface area contributed by atoms with Crippen molar-refractivity contribution in [3.05, 3.63) is 0 Å². The van der Waals surface area contributed by atoms with Crippen LogP contribution in [0.15, 0.2) is 4.99 Å². The van der Waals surface area contributed by atoms with Crippen molar-refractivity contribution in [3.63, 3.8) is 0 Å². The summed E-state index contributed by atoms with van der Waals surface area (Å²) in [5.74, 6) is 2.65. The Hall–Kier alpha value is -0.0800. The first kappa shape index (κ1) is 20.0. The van der Waals surface area contributed by atoms with E-state index in [0.717, 1.165) is 63.7 Å². The summed E-state index contributed by atoms with van der Waals surface area (Å²) in [6.45, 7) is 9.27. The van der Waals surface area contributed by atoms with Gasteiger partial charge < -0.3 is 15.4 Å². The number of guanidine groups is 1. The van der Waals surface area contributed by atoms with Crippen LogP contribution in [0.2, 0.25) is 0 Å². The van der Waals surface area contributed by atoms with Gasteiger partial charge in [0.05, 0.1) is 13.2 Å². The molecule has 0 aromatic rings. The normalized spacial score (nSPS) is 27.1. The second kappa shape index (κ2) is 11.5. The third-order valence-electron chi connectivity index (χ3n) is 4.65. The Labute approximate surface area is 152 Å². The number of hydrogen-bond acceptors (Lipinski definition) is 3. The van der Waals surface area contributed by atoms with E-state index in [1.165, 1.54) is 25.7 Å². The minimum Gasteiger partial charge on any atom is -0.379 e. The average molecular weight is 424 g/mol. The summed E-state index contributed by atoms with van der Waals surface area (Å²) in [5.41, 5.74) is 0. The van der Waals surface area contributed by atoms with Gasteiger partial charge in [0.1, 0.15) is 0 Å². The SMILES string of the molecule is CN=C(NCCN1CCOCC1)NCC1CCCC(C)C1.I. The zero-order valence-electron chi connectivity index (χ0n) is 14.1. The van der Waals surface area contributed by atoms with Crippen LogP contribution < -0.4 is 10.6 Å². The molecule has 5 nitrogen and oxygen atoms in total. The second-order valence-electron chi connectivity index (χ2n) is 6.47. The monoisotopic (exact) mass is 424 g/mol. The van der Waals surface area contributed by atoms with E-state index >= 15 is 0 Å². The largest absolute Gasteiger partial charge is 0.379 e. The van der Waals surface area contributed by atoms with Gasteiger partial charge in [-0.25, -0.2) is 0 Å². The zero-order valence-corrected chi connectivity index (χ0v) is 16.5. The van der Waals surface area contributed by atoms with Gasteiger partial charge >= 0.3 is 0 Å². The van der Waals surface area contributed by atoms with Crippen molar-refractivity contribution >= 4 is 29.9 Å². The van der Waals surface area contributed by atoms with Crippen molar-refractivity contribution < 1.29 is 4.74 Å². The minimum absolute atomic E-state index is 0. The first-order valence-corrected chi connectivity index (χ1v) is 8.52. The number of nitrogens with one attached hydrogen (secondary N) is 2. The molecule has 0 bridgehead atoms. The lowest BCUT2D eigenvalue weighted by atomic mass is 9.82. The van der Waals surface area contributed by atoms with Crippen LogP contribution in [-0.4, -0.2) is 63.8 Å². The number of rotatable bonds is 5. The number of aliphatic imine (C=N–C) groups is 1. The molecule has 2 rings (SSSR count). The Balaban J connectivity index is 0.00000242. The predicted molar refractivity (Wildman–Crippen MR) is 103 cm³/mol. The Bertz CT molecular complexity index is 321. The van der Waals surface area contributed by atoms with Gasteiger partial charge in [-0.1, -0.05) is 19.8 Å². The van der Waals surface area contributed by atoms with Crippen LogP contribution >= 0.6 is 24.0 Å². The molecule has 2 N–H and O–H groups in total. The van der Waals surface area contributed by atoms with Gasteiger partial charge in [0, 0.05) is 39.8 Å². The lowest BCUT2D eigenvalue weighted by Gasteiger charge is -2.28. The molecule has 2 fully saturated rings. The van der Waals surface area contributed by atoms with Crippen molar-refractivity contribution in [1.29, 1.82) is 0 Å². The molecule has 0 aromatic carbocycles. The molecule has 0 amide bonds. The maximum absolute atomic E-state index is 5.36. The van der Waals surface area contributed by atoms with Crippen LogP contribution in [0.1, 0.15) is 32.6 Å². The summed E-state index contributed by atoms with van der Waals surface area (Å²) >= 11 is 0. The number of nitrogens with zero attached hydrogens (tertiary/aromatic N) is 2. The van der Waals surface area contributed by atoms with E-state index < -0.39 is 0 Å². The quantitative estimate of drug-likeness (QED) is 0.402. The maximum Gasteiger partial charge on any atom is 0.191 e. The zero-order chi connectivity index (χ0) is 14.9. The van der Waals surface area contributed by atoms with Crippen LogP contribution in [0.25, 0.3) is 0 Å². The van der Waals surface area contributed by atoms with Crippen LogP contribution in [0.5, 0.6) is 0 Å². The van der Waals surface area contributed by atoms with Gasteiger partial charge in [0.15, 0.2) is 5.96 Å². The molecule has 22 heavy (non-hydrogen) atoms. The minimum atomic E-state index is 0. The van der Waals surface area contributed by atoms with Crippen molar-refractivity contribution in [1.82, 2.24) is 15.5 Å². The van der Waals surface area contributed by atoms with E-state index in [4.69, 9.17) is 4.74 Å². The fraction of sp³-hybridized carbons (Fsp3) is 0.938. The Morgan fingerprint density at radius 3 is 2.68 bits per heavy atom. The Morgan fingerprint density at radius 2 is 2.00 bits per heavy atom. The summed E-state index contributed by atoms with van der Waals surface area (Å²) < 4.78 is 5.36. The molecule has 0 radical (unpaired) electrons. The molecule has 1 aliphatic heterocycles. The smallest absolute Gasteiger partial charge is 0.191 e. The highest BCUT2D eigenvalue weighted by molar-refractivity contribution is 14.0. The first-order valence-electron chi connectivity index (χ1n) is 8.52. The first-order chi connectivity index (χ1) is 10.3. The van der Waals surface area contributed by atoms with Crippen molar-refractivity contribution in [3.8, 4) is 0 Å². The molecular formula is C16H33IN4O.